The third-order valence-corrected chi connectivity index (χ3v) is 4.98. The van der Waals surface area contributed by atoms with Crippen LogP contribution in [0.4, 0.5) is 4.39 Å². The number of aromatic nitrogens is 1. The van der Waals surface area contributed by atoms with Crippen LogP contribution in [0.5, 0.6) is 5.75 Å². The van der Waals surface area contributed by atoms with Crippen molar-refractivity contribution in [1.82, 2.24) is 4.57 Å². The van der Waals surface area contributed by atoms with E-state index >= 15 is 0 Å². The Morgan fingerprint density at radius 2 is 1.69 bits per heavy atom. The molecular weight excluding hydrogens is 400 g/mol. The second kappa shape index (κ2) is 7.31. The van der Waals surface area contributed by atoms with Crippen molar-refractivity contribution < 1.29 is 9.13 Å². The molecule has 7 heteroatoms. The van der Waals surface area contributed by atoms with Crippen molar-refractivity contribution in [3.05, 3.63) is 73.8 Å². The number of halogens is 4. The summed E-state index contributed by atoms with van der Waals surface area (Å²) in [7, 11) is 3.13. The monoisotopic (exact) mass is 411 g/mol. The lowest BCUT2D eigenvalue weighted by Gasteiger charge is -2.16. The van der Waals surface area contributed by atoms with E-state index in [1.807, 2.05) is 0 Å². The van der Waals surface area contributed by atoms with Gasteiger partial charge in [0.1, 0.15) is 16.6 Å². The first-order valence-electron chi connectivity index (χ1n) is 7.52. The molecule has 0 saturated carbocycles. The largest absolute Gasteiger partial charge is 0.497 e. The summed E-state index contributed by atoms with van der Waals surface area (Å²) in [6, 6.07) is 9.05. The second-order valence-electron chi connectivity index (χ2n) is 5.62. The molecule has 0 bridgehead atoms. The van der Waals surface area contributed by atoms with E-state index < -0.39 is 11.4 Å². The number of aryl methyl sites for hydroxylation is 1. The molecule has 1 aromatic heterocycles. The molecule has 0 saturated heterocycles. The first kappa shape index (κ1) is 18.8. The number of rotatable bonds is 3. The van der Waals surface area contributed by atoms with E-state index in [-0.39, 0.29) is 10.0 Å². The highest BCUT2D eigenvalue weighted by Crippen LogP contribution is 2.42. The number of hydrogen-bond acceptors (Lipinski definition) is 2. The first-order valence-corrected chi connectivity index (χ1v) is 8.65. The minimum atomic E-state index is -0.486. The SMILES string of the molecule is COc1ccc(Cl)c(-c2cn(C)c(=O)c(Cl)c2-c2ccc(F)cc2Cl)c1. The van der Waals surface area contributed by atoms with Crippen molar-refractivity contribution in [3.8, 4) is 28.0 Å². The van der Waals surface area contributed by atoms with Gasteiger partial charge < -0.3 is 9.30 Å². The molecule has 3 aromatic rings. The van der Waals surface area contributed by atoms with Crippen LogP contribution in [0.1, 0.15) is 0 Å². The Kier molecular flexibility index (Phi) is 5.28. The summed E-state index contributed by atoms with van der Waals surface area (Å²) >= 11 is 19.0. The molecular formula is C19H13Cl3FNO2. The molecule has 0 aliphatic rings. The van der Waals surface area contributed by atoms with Crippen LogP contribution >= 0.6 is 34.8 Å². The second-order valence-corrected chi connectivity index (χ2v) is 6.81. The van der Waals surface area contributed by atoms with E-state index in [0.717, 1.165) is 0 Å². The number of methoxy groups -OCH3 is 1. The van der Waals surface area contributed by atoms with E-state index in [1.165, 1.54) is 22.8 Å². The summed E-state index contributed by atoms with van der Waals surface area (Å²) in [4.78, 5) is 12.4. The molecule has 0 fully saturated rings. The quantitative estimate of drug-likeness (QED) is 0.542. The maximum Gasteiger partial charge on any atom is 0.269 e. The fourth-order valence-electron chi connectivity index (χ4n) is 2.69. The highest BCUT2D eigenvalue weighted by molar-refractivity contribution is 6.38. The number of pyridine rings is 1. The predicted molar refractivity (Wildman–Crippen MR) is 104 cm³/mol. The minimum Gasteiger partial charge on any atom is -0.497 e. The van der Waals surface area contributed by atoms with E-state index in [1.54, 1.807) is 38.6 Å². The maximum atomic E-state index is 13.5. The number of hydrogen-bond donors (Lipinski definition) is 0. The van der Waals surface area contributed by atoms with E-state index in [4.69, 9.17) is 39.5 Å². The normalized spacial score (nSPS) is 10.8. The lowest BCUT2D eigenvalue weighted by molar-refractivity contribution is 0.415. The molecule has 2 aromatic carbocycles. The Hall–Kier alpha value is -2.01. The van der Waals surface area contributed by atoms with Crippen LogP contribution in [-0.2, 0) is 7.05 Å². The Morgan fingerprint density at radius 3 is 2.35 bits per heavy atom. The average molecular weight is 413 g/mol. The van der Waals surface area contributed by atoms with Gasteiger partial charge in [0, 0.05) is 40.5 Å². The van der Waals surface area contributed by atoms with Crippen molar-refractivity contribution >= 4 is 34.8 Å². The Bertz CT molecular complexity index is 1060. The van der Waals surface area contributed by atoms with Gasteiger partial charge in [-0.05, 0) is 36.4 Å². The molecule has 0 unspecified atom stereocenters. The van der Waals surface area contributed by atoms with Crippen LogP contribution in [0, 0.1) is 5.82 Å². The summed E-state index contributed by atoms with van der Waals surface area (Å²) in [6.45, 7) is 0. The molecule has 0 amide bonds. The van der Waals surface area contributed by atoms with E-state index in [2.05, 4.69) is 0 Å². The lowest BCUT2D eigenvalue weighted by atomic mass is 9.95. The predicted octanol–water partition coefficient (Wildman–Crippen LogP) is 5.83. The number of ether oxygens (including phenoxy) is 1. The fraction of sp³-hybridized carbons (Fsp3) is 0.105. The molecule has 0 aliphatic carbocycles. The van der Waals surface area contributed by atoms with Crippen LogP contribution < -0.4 is 10.3 Å². The van der Waals surface area contributed by atoms with E-state index in [0.29, 0.717) is 33.0 Å². The average Bonchev–Trinajstić information content (AvgIpc) is 2.61. The van der Waals surface area contributed by atoms with Gasteiger partial charge in [-0.25, -0.2) is 4.39 Å². The molecule has 1 heterocycles. The molecule has 0 radical (unpaired) electrons. The first-order chi connectivity index (χ1) is 12.3. The molecule has 26 heavy (non-hydrogen) atoms. The zero-order valence-corrected chi connectivity index (χ0v) is 16.1. The van der Waals surface area contributed by atoms with Crippen molar-refractivity contribution in [2.24, 2.45) is 7.05 Å². The van der Waals surface area contributed by atoms with Crippen LogP contribution in [0.25, 0.3) is 22.3 Å². The number of nitrogens with zero attached hydrogens (tertiary/aromatic N) is 1. The molecule has 0 atom stereocenters. The van der Waals surface area contributed by atoms with Gasteiger partial charge in [-0.15, -0.1) is 0 Å². The molecule has 3 rings (SSSR count). The summed E-state index contributed by atoms with van der Waals surface area (Å²) in [5, 5.41) is 0.554. The van der Waals surface area contributed by atoms with Gasteiger partial charge >= 0.3 is 0 Å². The van der Waals surface area contributed by atoms with Gasteiger partial charge in [0.2, 0.25) is 0 Å². The smallest absolute Gasteiger partial charge is 0.269 e. The van der Waals surface area contributed by atoms with Gasteiger partial charge in [0.15, 0.2) is 0 Å². The summed E-state index contributed by atoms with van der Waals surface area (Å²) in [5.74, 6) is 0.102. The van der Waals surface area contributed by atoms with Crippen LogP contribution in [-0.4, -0.2) is 11.7 Å². The zero-order chi connectivity index (χ0) is 19.0. The Balaban J connectivity index is 2.42. The lowest BCUT2D eigenvalue weighted by Crippen LogP contribution is -2.18. The van der Waals surface area contributed by atoms with Crippen molar-refractivity contribution in [3.63, 3.8) is 0 Å². The van der Waals surface area contributed by atoms with Gasteiger partial charge in [-0.2, -0.15) is 0 Å². The standard InChI is InChI=1S/C19H13Cl3FNO2/c1-24-9-14(13-8-11(26-2)4-6-15(13)20)17(18(22)19(24)25)12-5-3-10(23)7-16(12)21/h3-9H,1-2H3. The number of benzene rings is 2. The molecule has 134 valence electrons. The third kappa shape index (κ3) is 3.32. The summed E-state index contributed by atoms with van der Waals surface area (Å²) in [6.07, 6.45) is 1.61. The maximum absolute atomic E-state index is 13.5. The summed E-state index contributed by atoms with van der Waals surface area (Å²) < 4.78 is 20.1. The van der Waals surface area contributed by atoms with Crippen LogP contribution in [0.2, 0.25) is 15.1 Å². The zero-order valence-electron chi connectivity index (χ0n) is 13.8. The summed E-state index contributed by atoms with van der Waals surface area (Å²) in [5.41, 5.74) is 1.61. The topological polar surface area (TPSA) is 31.2 Å². The van der Waals surface area contributed by atoms with Gasteiger partial charge in [0.25, 0.3) is 5.56 Å². The van der Waals surface area contributed by atoms with Crippen LogP contribution in [0.15, 0.2) is 47.4 Å². The van der Waals surface area contributed by atoms with Crippen molar-refractivity contribution in [2.75, 3.05) is 7.11 Å². The molecule has 0 N–H and O–H groups in total. The highest BCUT2D eigenvalue weighted by Gasteiger charge is 2.20. The Morgan fingerprint density at radius 1 is 0.962 bits per heavy atom. The van der Waals surface area contributed by atoms with Crippen LogP contribution in [0.3, 0.4) is 0 Å². The molecule has 3 nitrogen and oxygen atoms in total. The molecule has 0 aliphatic heterocycles. The minimum absolute atomic E-state index is 0.0302. The Labute approximate surface area is 164 Å². The van der Waals surface area contributed by atoms with Crippen molar-refractivity contribution in [1.29, 1.82) is 0 Å². The third-order valence-electron chi connectivity index (χ3n) is 3.98. The van der Waals surface area contributed by atoms with Gasteiger partial charge in [-0.1, -0.05) is 34.8 Å². The fourth-order valence-corrected chi connectivity index (χ4v) is 3.51. The van der Waals surface area contributed by atoms with Gasteiger partial charge in [-0.3, -0.25) is 4.79 Å². The van der Waals surface area contributed by atoms with Gasteiger partial charge in [0.05, 0.1) is 12.1 Å². The van der Waals surface area contributed by atoms with E-state index in [9.17, 15) is 9.18 Å². The van der Waals surface area contributed by atoms with Crippen molar-refractivity contribution in [2.45, 2.75) is 0 Å². The highest BCUT2D eigenvalue weighted by atomic mass is 35.5. The molecule has 0 spiro atoms.